The molecule has 0 aromatic rings. The molecule has 0 heterocycles. The van der Waals surface area contributed by atoms with E-state index in [1.165, 1.54) is 0 Å². The summed E-state index contributed by atoms with van der Waals surface area (Å²) >= 11 is 0. The Morgan fingerprint density at radius 1 is 0.607 bits per heavy atom. The standard InChI is InChI=1S/2C6H12O7.Cu.Zn/c2*7-1-2(8)3(9)4(10)5(11)6(12)13;;/h2*2-5,7-11H,1H2,(H,12,13);;/q;;+2;/p-2/t2*2-,3-,4+,5-;;/m11../s1. The van der Waals surface area contributed by atoms with Crippen molar-refractivity contribution in [3.8, 4) is 0 Å². The van der Waals surface area contributed by atoms with Crippen LogP contribution in [0.15, 0.2) is 0 Å². The van der Waals surface area contributed by atoms with Crippen LogP contribution in [0, 0.1) is 0 Å². The fourth-order valence-corrected chi connectivity index (χ4v) is 1.32. The van der Waals surface area contributed by atoms with Crippen molar-refractivity contribution in [1.29, 1.82) is 0 Å². The molecule has 0 aliphatic heterocycles. The van der Waals surface area contributed by atoms with Gasteiger partial charge in [0.2, 0.25) is 0 Å². The molecule has 0 saturated heterocycles. The molecular weight excluding hydrogens is 497 g/mol. The van der Waals surface area contributed by atoms with Gasteiger partial charge in [0.05, 0.1) is 25.2 Å². The summed E-state index contributed by atoms with van der Waals surface area (Å²) in [5.74, 6) is -3.95. The van der Waals surface area contributed by atoms with Gasteiger partial charge in [-0.15, -0.1) is 0 Å². The number of hydrogen-bond donors (Lipinski definition) is 10. The van der Waals surface area contributed by atoms with E-state index in [-0.39, 0.29) is 36.5 Å². The maximum Gasteiger partial charge on any atom is 2.00 e. The van der Waals surface area contributed by atoms with Crippen LogP contribution in [0.4, 0.5) is 0 Å². The fraction of sp³-hybridized carbons (Fsp3) is 0.833. The predicted molar refractivity (Wildman–Crippen MR) is 72.2 cm³/mol. The predicted octanol–water partition coefficient (Wildman–Crippen LogP) is -9.66. The number of carbonyl (C=O) groups excluding carboxylic acids is 2. The molecule has 0 aromatic heterocycles. The van der Waals surface area contributed by atoms with E-state index in [1.807, 2.05) is 0 Å². The molecule has 0 fully saturated rings. The Kier molecular flexibility index (Phi) is 22.0. The maximum atomic E-state index is 9.98. The van der Waals surface area contributed by atoms with Gasteiger partial charge in [-0.1, -0.05) is 0 Å². The van der Waals surface area contributed by atoms with E-state index in [0.29, 0.717) is 0 Å². The molecular formula is C12H22CuO14Zn. The van der Waals surface area contributed by atoms with Gasteiger partial charge in [0.15, 0.2) is 0 Å². The third-order valence-electron chi connectivity index (χ3n) is 2.99. The van der Waals surface area contributed by atoms with Crippen LogP contribution in [0.3, 0.4) is 0 Å². The summed E-state index contributed by atoms with van der Waals surface area (Å²) in [6, 6.07) is 0. The van der Waals surface area contributed by atoms with Crippen molar-refractivity contribution < 1.29 is 107 Å². The molecule has 0 spiro atoms. The minimum atomic E-state index is -2.31. The molecule has 167 valence electrons. The Morgan fingerprint density at radius 3 is 0.964 bits per heavy atom. The second kappa shape index (κ2) is 17.5. The first-order valence-corrected chi connectivity index (χ1v) is 6.91. The normalized spacial score (nSPS) is 18.9. The number of carboxylic acid groups (broad SMARTS) is 2. The van der Waals surface area contributed by atoms with Crippen molar-refractivity contribution >= 4 is 11.9 Å². The van der Waals surface area contributed by atoms with Crippen molar-refractivity contribution in [2.45, 2.75) is 48.8 Å². The molecule has 0 aromatic carbocycles. The molecule has 0 amide bonds. The zero-order valence-electron chi connectivity index (χ0n) is 14.1. The Labute approximate surface area is 181 Å². The van der Waals surface area contributed by atoms with E-state index < -0.39 is 74.0 Å². The van der Waals surface area contributed by atoms with Gasteiger partial charge in [0.25, 0.3) is 0 Å². The van der Waals surface area contributed by atoms with E-state index >= 15 is 0 Å². The van der Waals surface area contributed by atoms with Crippen LogP contribution in [0.5, 0.6) is 0 Å². The molecule has 0 saturated carbocycles. The van der Waals surface area contributed by atoms with Crippen LogP contribution in [0.2, 0.25) is 0 Å². The van der Waals surface area contributed by atoms with E-state index in [9.17, 15) is 19.8 Å². The molecule has 0 rings (SSSR count). The summed E-state index contributed by atoms with van der Waals surface area (Å²) in [7, 11) is 0. The SMILES string of the molecule is O=C([O-])[C@H](O)[C@@H](O)[C@H](O)[C@H](O)CO.O=C([O-])[C@H](O)[C@@H](O)[C@H](O)[C@H](O)CO.[Cu+2].[Zn]. The van der Waals surface area contributed by atoms with E-state index in [4.69, 9.17) is 51.1 Å². The summed E-state index contributed by atoms with van der Waals surface area (Å²) in [4.78, 5) is 20.0. The zero-order valence-corrected chi connectivity index (χ0v) is 18.1. The smallest absolute Gasteiger partial charge is 0.547 e. The second-order valence-corrected chi connectivity index (χ2v) is 4.99. The first kappa shape index (κ1) is 35.1. The van der Waals surface area contributed by atoms with Gasteiger partial charge < -0.3 is 70.9 Å². The number of aliphatic carboxylic acids is 2. The van der Waals surface area contributed by atoms with Crippen molar-refractivity contribution in [2.75, 3.05) is 13.2 Å². The first-order valence-electron chi connectivity index (χ1n) is 6.91. The largest absolute Gasteiger partial charge is 2.00 e. The number of hydrogen-bond acceptors (Lipinski definition) is 14. The molecule has 28 heavy (non-hydrogen) atoms. The molecule has 0 aliphatic rings. The third kappa shape index (κ3) is 12.3. The van der Waals surface area contributed by atoms with Gasteiger partial charge in [-0.3, -0.25) is 0 Å². The molecule has 14 nitrogen and oxygen atoms in total. The van der Waals surface area contributed by atoms with Crippen LogP contribution in [-0.4, -0.2) is 125 Å². The zero-order chi connectivity index (χ0) is 21.2. The van der Waals surface area contributed by atoms with E-state index in [1.54, 1.807) is 0 Å². The Balaban J connectivity index is -0.000000192. The topological polar surface area (TPSA) is 283 Å². The van der Waals surface area contributed by atoms with E-state index in [2.05, 4.69) is 0 Å². The Morgan fingerprint density at radius 2 is 0.821 bits per heavy atom. The van der Waals surface area contributed by atoms with Gasteiger partial charge in [0, 0.05) is 19.5 Å². The second-order valence-electron chi connectivity index (χ2n) is 4.99. The quantitative estimate of drug-likeness (QED) is 0.120. The molecule has 8 atom stereocenters. The van der Waals surface area contributed by atoms with Crippen LogP contribution in [0.25, 0.3) is 0 Å². The molecule has 10 N–H and O–H groups in total. The van der Waals surface area contributed by atoms with Crippen molar-refractivity contribution in [1.82, 2.24) is 0 Å². The molecule has 0 aliphatic carbocycles. The summed E-state index contributed by atoms with van der Waals surface area (Å²) < 4.78 is 0. The van der Waals surface area contributed by atoms with Crippen LogP contribution >= 0.6 is 0 Å². The molecule has 16 heteroatoms. The monoisotopic (exact) mass is 517 g/mol. The Bertz CT molecular complexity index is 391. The fourth-order valence-electron chi connectivity index (χ4n) is 1.32. The molecule has 0 bridgehead atoms. The minimum absolute atomic E-state index is 0. The van der Waals surface area contributed by atoms with Gasteiger partial charge in [-0.2, -0.15) is 0 Å². The summed E-state index contributed by atoms with van der Waals surface area (Å²) in [6.07, 6.45) is -16.2. The van der Waals surface area contributed by atoms with Gasteiger partial charge in [-0.25, -0.2) is 0 Å². The third-order valence-corrected chi connectivity index (χ3v) is 2.99. The Hall–Kier alpha value is -0.317. The minimum Gasteiger partial charge on any atom is -0.547 e. The number of carbonyl (C=O) groups is 2. The van der Waals surface area contributed by atoms with Crippen LogP contribution in [-0.2, 0) is 46.1 Å². The van der Waals surface area contributed by atoms with Crippen molar-refractivity contribution in [2.24, 2.45) is 0 Å². The van der Waals surface area contributed by atoms with Crippen molar-refractivity contribution in [3.63, 3.8) is 0 Å². The van der Waals surface area contributed by atoms with Gasteiger partial charge in [0.1, 0.15) is 48.8 Å². The van der Waals surface area contributed by atoms with E-state index in [0.717, 1.165) is 0 Å². The average Bonchev–Trinajstić information content (AvgIpc) is 2.62. The van der Waals surface area contributed by atoms with Crippen LogP contribution < -0.4 is 10.2 Å². The summed E-state index contributed by atoms with van der Waals surface area (Å²) in [5.41, 5.74) is 0. The van der Waals surface area contributed by atoms with Gasteiger partial charge >= 0.3 is 17.1 Å². The summed E-state index contributed by atoms with van der Waals surface area (Å²) in [5, 5.41) is 107. The number of carboxylic acids is 2. The maximum absolute atomic E-state index is 9.98. The molecule has 0 unspecified atom stereocenters. The van der Waals surface area contributed by atoms with Gasteiger partial charge in [-0.05, 0) is 0 Å². The number of rotatable bonds is 10. The van der Waals surface area contributed by atoms with Crippen molar-refractivity contribution in [3.05, 3.63) is 0 Å². The first-order chi connectivity index (χ1) is 11.8. The average molecular weight is 519 g/mol. The molecule has 1 radical (unpaired) electrons. The summed E-state index contributed by atoms with van der Waals surface area (Å²) in [6.45, 7) is -1.73. The number of aliphatic hydroxyl groups excluding tert-OH is 10. The number of aliphatic hydroxyl groups is 10. The van der Waals surface area contributed by atoms with Crippen LogP contribution in [0.1, 0.15) is 0 Å².